The van der Waals surface area contributed by atoms with E-state index in [1.165, 1.54) is 0 Å². The average Bonchev–Trinajstić information content (AvgIpc) is 2.61. The van der Waals surface area contributed by atoms with Gasteiger partial charge in [-0.05, 0) is 55.7 Å². The normalized spacial score (nSPS) is 10.2. The quantitative estimate of drug-likeness (QED) is 0.500. The molecule has 0 aromatic heterocycles. The van der Waals surface area contributed by atoms with Gasteiger partial charge in [0.1, 0.15) is 17.2 Å². The smallest absolute Gasteiger partial charge is 1.00 e. The van der Waals surface area contributed by atoms with E-state index in [4.69, 9.17) is 13.6 Å². The Morgan fingerprint density at radius 2 is 0.808 bits per heavy atom. The van der Waals surface area contributed by atoms with Crippen LogP contribution in [0, 0.1) is 20.8 Å². The summed E-state index contributed by atoms with van der Waals surface area (Å²) in [7, 11) is -1.64. The van der Waals surface area contributed by atoms with E-state index in [-0.39, 0.29) is 70.3 Å². The molecule has 130 valence electrons. The standard InChI is InChI=1S/C21H21O3P.Cs.H/c1-16-10-4-7-13-19(16)22-25(23-20-14-8-5-11-17(20)2)24-21-15-9-6-12-18(21)3;;/h4-15H,1-3H3;;/q;+1;-1. The van der Waals surface area contributed by atoms with Gasteiger partial charge >= 0.3 is 77.5 Å². The molecule has 5 heteroatoms. The van der Waals surface area contributed by atoms with E-state index < -0.39 is 8.60 Å². The van der Waals surface area contributed by atoms with Gasteiger partial charge in [-0.3, -0.25) is 0 Å². The number of aryl methyl sites for hydroxylation is 3. The van der Waals surface area contributed by atoms with Crippen molar-refractivity contribution in [3.63, 3.8) is 0 Å². The van der Waals surface area contributed by atoms with Crippen molar-refractivity contribution in [2.24, 2.45) is 0 Å². The van der Waals surface area contributed by atoms with Gasteiger partial charge in [0.05, 0.1) is 0 Å². The van der Waals surface area contributed by atoms with Gasteiger partial charge in [-0.1, -0.05) is 54.6 Å². The van der Waals surface area contributed by atoms with Gasteiger partial charge in [-0.2, -0.15) is 0 Å². The van der Waals surface area contributed by atoms with Crippen molar-refractivity contribution < 1.29 is 83.9 Å². The molecular formula is C21H22CsO3P. The van der Waals surface area contributed by atoms with Crippen LogP contribution in [0.1, 0.15) is 18.1 Å². The zero-order chi connectivity index (χ0) is 17.6. The van der Waals surface area contributed by atoms with Crippen LogP contribution in [0.3, 0.4) is 0 Å². The molecule has 3 aromatic carbocycles. The van der Waals surface area contributed by atoms with Crippen LogP contribution >= 0.6 is 8.60 Å². The van der Waals surface area contributed by atoms with E-state index in [0.717, 1.165) is 33.9 Å². The second-order valence-electron chi connectivity index (χ2n) is 5.79. The molecule has 0 aliphatic carbocycles. The van der Waals surface area contributed by atoms with Crippen LogP contribution in [0.15, 0.2) is 72.8 Å². The Bertz CT molecular complexity index is 747. The molecule has 0 fully saturated rings. The van der Waals surface area contributed by atoms with Crippen molar-refractivity contribution in [3.8, 4) is 17.2 Å². The van der Waals surface area contributed by atoms with Crippen molar-refractivity contribution in [1.29, 1.82) is 0 Å². The van der Waals surface area contributed by atoms with Crippen LogP contribution in [0.25, 0.3) is 0 Å². The molecule has 0 unspecified atom stereocenters. The number of hydrogen-bond donors (Lipinski definition) is 0. The van der Waals surface area contributed by atoms with Gasteiger partial charge in [0.15, 0.2) is 0 Å². The molecule has 26 heavy (non-hydrogen) atoms. The molecule has 3 aromatic rings. The second kappa shape index (κ2) is 10.8. The second-order valence-corrected chi connectivity index (χ2v) is 6.79. The van der Waals surface area contributed by atoms with Crippen molar-refractivity contribution >= 4 is 8.60 Å². The molecule has 0 N–H and O–H groups in total. The van der Waals surface area contributed by atoms with E-state index >= 15 is 0 Å². The zero-order valence-electron chi connectivity index (χ0n) is 16.6. The SMILES string of the molecule is Cc1ccccc1OP(Oc1ccccc1C)Oc1ccccc1C.[Cs+].[H-]. The van der Waals surface area contributed by atoms with Crippen LogP contribution in [-0.4, -0.2) is 0 Å². The predicted molar refractivity (Wildman–Crippen MR) is 103 cm³/mol. The first kappa shape index (κ1) is 21.8. The summed E-state index contributed by atoms with van der Waals surface area (Å²) in [6, 6.07) is 23.6. The third kappa shape index (κ3) is 6.03. The molecule has 0 heterocycles. The molecular weight excluding hydrogens is 464 g/mol. The number of rotatable bonds is 6. The number of hydrogen-bond acceptors (Lipinski definition) is 3. The molecule has 0 bridgehead atoms. The third-order valence-electron chi connectivity index (χ3n) is 3.80. The summed E-state index contributed by atoms with van der Waals surface area (Å²) in [5.41, 5.74) is 3.12. The van der Waals surface area contributed by atoms with Crippen molar-refractivity contribution in [1.82, 2.24) is 0 Å². The monoisotopic (exact) mass is 486 g/mol. The summed E-state index contributed by atoms with van der Waals surface area (Å²) in [6.07, 6.45) is 0. The summed E-state index contributed by atoms with van der Waals surface area (Å²) in [6.45, 7) is 6.01. The van der Waals surface area contributed by atoms with Crippen LogP contribution in [0.2, 0.25) is 0 Å². The van der Waals surface area contributed by atoms with Crippen molar-refractivity contribution in [3.05, 3.63) is 89.5 Å². The first-order valence-corrected chi connectivity index (χ1v) is 9.24. The van der Waals surface area contributed by atoms with Gasteiger partial charge in [0, 0.05) is 0 Å². The van der Waals surface area contributed by atoms with Gasteiger partial charge < -0.3 is 15.0 Å². The Morgan fingerprint density at radius 3 is 1.08 bits per heavy atom. The maximum atomic E-state index is 6.08. The van der Waals surface area contributed by atoms with Gasteiger partial charge in [0.25, 0.3) is 0 Å². The van der Waals surface area contributed by atoms with E-state index in [0.29, 0.717) is 0 Å². The fraction of sp³-hybridized carbons (Fsp3) is 0.143. The zero-order valence-corrected chi connectivity index (χ0v) is 22.8. The van der Waals surface area contributed by atoms with Crippen molar-refractivity contribution in [2.45, 2.75) is 20.8 Å². The fourth-order valence-corrected chi connectivity index (χ4v) is 3.48. The Kier molecular flexibility index (Phi) is 9.04. The van der Waals surface area contributed by atoms with Crippen LogP contribution in [0.5, 0.6) is 17.2 Å². The molecule has 0 aliphatic rings. The Balaban J connectivity index is 0.00000182. The summed E-state index contributed by atoms with van der Waals surface area (Å²) in [5, 5.41) is 0. The first-order chi connectivity index (χ1) is 12.1. The largest absolute Gasteiger partial charge is 1.00 e. The predicted octanol–water partition coefficient (Wildman–Crippen LogP) is 3.49. The number of benzene rings is 3. The fourth-order valence-electron chi connectivity index (χ4n) is 2.27. The third-order valence-corrected chi connectivity index (χ3v) is 4.84. The van der Waals surface area contributed by atoms with Crippen molar-refractivity contribution in [2.75, 3.05) is 0 Å². The van der Waals surface area contributed by atoms with E-state index in [2.05, 4.69) is 0 Å². The maximum Gasteiger partial charge on any atom is 1.00 e. The van der Waals surface area contributed by atoms with Crippen LogP contribution in [-0.2, 0) is 0 Å². The van der Waals surface area contributed by atoms with Gasteiger partial charge in [0.2, 0.25) is 0 Å². The van der Waals surface area contributed by atoms with Crippen LogP contribution in [0.4, 0.5) is 0 Å². The molecule has 0 radical (unpaired) electrons. The average molecular weight is 486 g/mol. The summed E-state index contributed by atoms with van der Waals surface area (Å²) < 4.78 is 18.3. The Labute approximate surface area is 217 Å². The van der Waals surface area contributed by atoms with Gasteiger partial charge in [-0.15, -0.1) is 0 Å². The van der Waals surface area contributed by atoms with E-state index in [1.54, 1.807) is 0 Å². The molecule has 0 saturated heterocycles. The minimum Gasteiger partial charge on any atom is -1.00 e. The molecule has 0 atom stereocenters. The molecule has 0 amide bonds. The molecule has 0 aliphatic heterocycles. The molecule has 0 spiro atoms. The maximum absolute atomic E-state index is 6.08. The topological polar surface area (TPSA) is 27.7 Å². The summed E-state index contributed by atoms with van der Waals surface area (Å²) in [5.74, 6) is 2.28. The molecule has 3 nitrogen and oxygen atoms in total. The minimum atomic E-state index is -1.64. The minimum absolute atomic E-state index is 0. The molecule has 0 saturated carbocycles. The van der Waals surface area contributed by atoms with E-state index in [1.807, 2.05) is 93.6 Å². The Morgan fingerprint density at radius 1 is 0.538 bits per heavy atom. The first-order valence-electron chi connectivity index (χ1n) is 8.14. The van der Waals surface area contributed by atoms with E-state index in [9.17, 15) is 0 Å². The summed E-state index contributed by atoms with van der Waals surface area (Å²) >= 11 is 0. The Hall–Kier alpha value is -0.458. The number of para-hydroxylation sites is 3. The van der Waals surface area contributed by atoms with Crippen LogP contribution < -0.4 is 82.5 Å². The molecule has 3 rings (SSSR count). The van der Waals surface area contributed by atoms with Gasteiger partial charge in [-0.25, -0.2) is 0 Å². The summed E-state index contributed by atoms with van der Waals surface area (Å²) in [4.78, 5) is 0.